The van der Waals surface area contributed by atoms with Gasteiger partial charge in [0.15, 0.2) is 5.69 Å². The third kappa shape index (κ3) is 3.55. The monoisotopic (exact) mass is 340 g/mol. The summed E-state index contributed by atoms with van der Waals surface area (Å²) in [6, 6.07) is 4.89. The number of nitrogens with one attached hydrogen (secondary N) is 1. The molecule has 0 spiro atoms. The van der Waals surface area contributed by atoms with Gasteiger partial charge in [0.25, 0.3) is 0 Å². The fraction of sp³-hybridized carbons (Fsp3) is 0.214. The molecule has 0 saturated heterocycles. The van der Waals surface area contributed by atoms with Crippen molar-refractivity contribution >= 4 is 40.5 Å². The van der Waals surface area contributed by atoms with Gasteiger partial charge in [-0.25, -0.2) is 9.78 Å². The molecular formula is C14H13ClN2O4S. The Morgan fingerprint density at radius 3 is 2.73 bits per heavy atom. The van der Waals surface area contributed by atoms with Gasteiger partial charge in [0.2, 0.25) is 5.91 Å². The Labute approximate surface area is 135 Å². The molecule has 2 N–H and O–H groups in total. The summed E-state index contributed by atoms with van der Waals surface area (Å²) in [6.07, 6.45) is 0. The Bertz CT molecular complexity index is 717. The van der Waals surface area contributed by atoms with Gasteiger partial charge in [-0.2, -0.15) is 0 Å². The maximum atomic E-state index is 12.2. The van der Waals surface area contributed by atoms with Crippen molar-refractivity contribution in [1.82, 2.24) is 4.98 Å². The van der Waals surface area contributed by atoms with Crippen LogP contribution in [0.4, 0.5) is 5.69 Å². The number of methoxy groups -OCH3 is 1. The lowest BCUT2D eigenvalue weighted by atomic mass is 10.1. The zero-order valence-electron chi connectivity index (χ0n) is 11.8. The Kier molecular flexibility index (Phi) is 4.99. The number of benzene rings is 1. The summed E-state index contributed by atoms with van der Waals surface area (Å²) in [4.78, 5) is 26.9. The molecule has 1 aromatic heterocycles. The third-order valence-corrected chi connectivity index (χ3v) is 4.25. The second-order valence-corrected chi connectivity index (χ2v) is 5.73. The number of carboxylic acid groups (broad SMARTS) is 1. The van der Waals surface area contributed by atoms with Crippen LogP contribution in [0.1, 0.15) is 28.3 Å². The number of carbonyl (C=O) groups is 2. The smallest absolute Gasteiger partial charge is 0.355 e. The van der Waals surface area contributed by atoms with Gasteiger partial charge in [-0.05, 0) is 25.1 Å². The molecule has 1 heterocycles. The van der Waals surface area contributed by atoms with Crippen LogP contribution in [0, 0.1) is 0 Å². The zero-order valence-corrected chi connectivity index (χ0v) is 13.4. The van der Waals surface area contributed by atoms with Crippen LogP contribution in [0.2, 0.25) is 5.02 Å². The highest BCUT2D eigenvalue weighted by Gasteiger charge is 2.20. The standard InChI is InChI=1S/C14H13ClN2O4S/c1-7(13-17-10(6-22-13)14(19)20)12(18)16-8-3-4-11(21-2)9(15)5-8/h3-7H,1-2H3,(H,16,18)(H,19,20)/t7-/m0/s1. The van der Waals surface area contributed by atoms with Crippen LogP contribution in [-0.2, 0) is 4.79 Å². The van der Waals surface area contributed by atoms with Crippen LogP contribution >= 0.6 is 22.9 Å². The van der Waals surface area contributed by atoms with Crippen molar-refractivity contribution in [3.63, 3.8) is 0 Å². The second kappa shape index (κ2) is 6.76. The molecule has 2 aromatic rings. The molecule has 1 aromatic carbocycles. The van der Waals surface area contributed by atoms with E-state index in [1.807, 2.05) is 0 Å². The van der Waals surface area contributed by atoms with Crippen LogP contribution in [0.3, 0.4) is 0 Å². The van der Waals surface area contributed by atoms with Crippen molar-refractivity contribution in [2.24, 2.45) is 0 Å². The highest BCUT2D eigenvalue weighted by atomic mass is 35.5. The number of aromatic carboxylic acids is 1. The first-order valence-corrected chi connectivity index (χ1v) is 7.51. The number of halogens is 1. The number of hydrogen-bond acceptors (Lipinski definition) is 5. The number of aromatic nitrogens is 1. The molecule has 0 fully saturated rings. The summed E-state index contributed by atoms with van der Waals surface area (Å²) in [5.74, 6) is -1.47. The molecule has 0 aliphatic rings. The van der Waals surface area contributed by atoms with Crippen LogP contribution in [0.15, 0.2) is 23.6 Å². The largest absolute Gasteiger partial charge is 0.495 e. The predicted molar refractivity (Wildman–Crippen MR) is 84.1 cm³/mol. The number of amides is 1. The Balaban J connectivity index is 2.10. The molecule has 0 saturated carbocycles. The number of carbonyl (C=O) groups excluding carboxylic acids is 1. The van der Waals surface area contributed by atoms with Crippen molar-refractivity contribution in [2.45, 2.75) is 12.8 Å². The summed E-state index contributed by atoms with van der Waals surface area (Å²) in [7, 11) is 1.50. The van der Waals surface area contributed by atoms with Gasteiger partial charge in [0, 0.05) is 11.1 Å². The summed E-state index contributed by atoms with van der Waals surface area (Å²) in [5.41, 5.74) is 0.463. The number of thiazole rings is 1. The van der Waals surface area contributed by atoms with Gasteiger partial charge in [-0.3, -0.25) is 4.79 Å². The normalized spacial score (nSPS) is 11.8. The lowest BCUT2D eigenvalue weighted by Crippen LogP contribution is -2.19. The number of anilines is 1. The van der Waals surface area contributed by atoms with Gasteiger partial charge in [-0.15, -0.1) is 11.3 Å². The van der Waals surface area contributed by atoms with Crippen LogP contribution < -0.4 is 10.1 Å². The molecule has 1 amide bonds. The van der Waals surface area contributed by atoms with Gasteiger partial charge >= 0.3 is 5.97 Å². The molecule has 6 nitrogen and oxygen atoms in total. The zero-order chi connectivity index (χ0) is 16.3. The van der Waals surface area contributed by atoms with Crippen LogP contribution in [0.25, 0.3) is 0 Å². The molecule has 0 radical (unpaired) electrons. The average Bonchev–Trinajstić information content (AvgIpc) is 2.96. The minimum Gasteiger partial charge on any atom is -0.495 e. The van der Waals surface area contributed by atoms with Gasteiger partial charge < -0.3 is 15.2 Å². The van der Waals surface area contributed by atoms with Crippen molar-refractivity contribution in [3.05, 3.63) is 39.3 Å². The molecule has 22 heavy (non-hydrogen) atoms. The first kappa shape index (κ1) is 16.3. The Hall–Kier alpha value is -2.12. The quantitative estimate of drug-likeness (QED) is 0.872. The number of carboxylic acids is 1. The summed E-state index contributed by atoms with van der Waals surface area (Å²) < 4.78 is 5.04. The van der Waals surface area contributed by atoms with E-state index >= 15 is 0 Å². The minimum atomic E-state index is -1.11. The van der Waals surface area contributed by atoms with E-state index < -0.39 is 11.9 Å². The van der Waals surface area contributed by atoms with E-state index in [0.29, 0.717) is 21.5 Å². The van der Waals surface area contributed by atoms with E-state index in [-0.39, 0.29) is 11.6 Å². The molecule has 2 rings (SSSR count). The highest BCUT2D eigenvalue weighted by molar-refractivity contribution is 7.10. The lowest BCUT2D eigenvalue weighted by molar-refractivity contribution is -0.117. The number of rotatable bonds is 5. The maximum Gasteiger partial charge on any atom is 0.355 e. The van der Waals surface area contributed by atoms with Gasteiger partial charge in [0.1, 0.15) is 10.8 Å². The van der Waals surface area contributed by atoms with E-state index in [4.69, 9.17) is 21.4 Å². The van der Waals surface area contributed by atoms with Crippen molar-refractivity contribution in [2.75, 3.05) is 12.4 Å². The second-order valence-electron chi connectivity index (χ2n) is 4.44. The molecule has 0 aliphatic heterocycles. The van der Waals surface area contributed by atoms with E-state index in [1.54, 1.807) is 25.1 Å². The van der Waals surface area contributed by atoms with Gasteiger partial charge in [-0.1, -0.05) is 11.6 Å². The van der Waals surface area contributed by atoms with Gasteiger partial charge in [0.05, 0.1) is 18.1 Å². The summed E-state index contributed by atoms with van der Waals surface area (Å²) >= 11 is 7.13. The summed E-state index contributed by atoms with van der Waals surface area (Å²) in [6.45, 7) is 1.66. The molecular weight excluding hydrogens is 328 g/mol. The topological polar surface area (TPSA) is 88.5 Å². The van der Waals surface area contributed by atoms with Crippen LogP contribution in [-0.4, -0.2) is 29.1 Å². The fourth-order valence-electron chi connectivity index (χ4n) is 1.69. The first-order valence-electron chi connectivity index (χ1n) is 6.25. The Morgan fingerprint density at radius 2 is 2.18 bits per heavy atom. The molecule has 1 atom stereocenters. The molecule has 8 heteroatoms. The average molecular weight is 341 g/mol. The number of nitrogens with zero attached hydrogens (tertiary/aromatic N) is 1. The Morgan fingerprint density at radius 1 is 1.45 bits per heavy atom. The molecule has 116 valence electrons. The van der Waals surface area contributed by atoms with E-state index in [2.05, 4.69) is 10.3 Å². The van der Waals surface area contributed by atoms with Crippen molar-refractivity contribution in [1.29, 1.82) is 0 Å². The third-order valence-electron chi connectivity index (χ3n) is 2.92. The van der Waals surface area contributed by atoms with E-state index in [9.17, 15) is 9.59 Å². The van der Waals surface area contributed by atoms with Crippen molar-refractivity contribution < 1.29 is 19.4 Å². The SMILES string of the molecule is COc1ccc(NC(=O)[C@H](C)c2nc(C(=O)O)cs2)cc1Cl. The number of hydrogen-bond donors (Lipinski definition) is 2. The molecule has 0 unspecified atom stereocenters. The maximum absolute atomic E-state index is 12.2. The minimum absolute atomic E-state index is 0.0628. The highest BCUT2D eigenvalue weighted by Crippen LogP contribution is 2.28. The van der Waals surface area contributed by atoms with E-state index in [0.717, 1.165) is 11.3 Å². The lowest BCUT2D eigenvalue weighted by Gasteiger charge is -2.11. The van der Waals surface area contributed by atoms with Crippen molar-refractivity contribution in [3.8, 4) is 5.75 Å². The predicted octanol–water partition coefficient (Wildman–Crippen LogP) is 3.25. The van der Waals surface area contributed by atoms with Crippen LogP contribution in [0.5, 0.6) is 5.75 Å². The molecule has 0 bridgehead atoms. The summed E-state index contributed by atoms with van der Waals surface area (Å²) in [5, 5.41) is 13.8. The number of ether oxygens (including phenoxy) is 1. The first-order chi connectivity index (χ1) is 10.4. The fourth-order valence-corrected chi connectivity index (χ4v) is 2.80. The molecule has 0 aliphatic carbocycles. The van der Waals surface area contributed by atoms with E-state index in [1.165, 1.54) is 12.5 Å².